The zero-order valence-corrected chi connectivity index (χ0v) is 12.7. The van der Waals surface area contributed by atoms with E-state index in [0.29, 0.717) is 11.1 Å². The number of hydrogen-bond acceptors (Lipinski definition) is 0. The Morgan fingerprint density at radius 2 is 1.27 bits per heavy atom. The molecule has 22 heavy (non-hydrogen) atoms. The Balaban J connectivity index is 2.01. The SMILES string of the molecule is Cc1ccc(-c2ccc(-c3ccc(Cl)c(F)c3)c(F)c2)cc1. The van der Waals surface area contributed by atoms with Crippen LogP contribution in [0.4, 0.5) is 8.78 Å². The molecule has 0 aromatic heterocycles. The van der Waals surface area contributed by atoms with Gasteiger partial charge in [-0.05, 0) is 41.8 Å². The van der Waals surface area contributed by atoms with Crippen molar-refractivity contribution in [3.05, 3.63) is 82.9 Å². The van der Waals surface area contributed by atoms with Crippen molar-refractivity contribution in [2.75, 3.05) is 0 Å². The average Bonchev–Trinajstić information content (AvgIpc) is 2.51. The molecule has 0 unspecified atom stereocenters. The first-order chi connectivity index (χ1) is 10.5. The second-order valence-corrected chi connectivity index (χ2v) is 5.60. The van der Waals surface area contributed by atoms with Crippen molar-refractivity contribution in [2.24, 2.45) is 0 Å². The minimum atomic E-state index is -0.554. The van der Waals surface area contributed by atoms with Crippen LogP contribution in [0, 0.1) is 18.6 Å². The molecule has 110 valence electrons. The molecule has 0 fully saturated rings. The molecular weight excluding hydrogens is 302 g/mol. The molecule has 0 N–H and O–H groups in total. The van der Waals surface area contributed by atoms with Gasteiger partial charge >= 0.3 is 0 Å². The Hall–Kier alpha value is -2.19. The third kappa shape index (κ3) is 2.88. The Morgan fingerprint density at radius 3 is 1.91 bits per heavy atom. The van der Waals surface area contributed by atoms with Gasteiger partial charge in [-0.15, -0.1) is 0 Å². The zero-order chi connectivity index (χ0) is 15.7. The third-order valence-corrected chi connectivity index (χ3v) is 3.89. The molecule has 0 saturated heterocycles. The summed E-state index contributed by atoms with van der Waals surface area (Å²) in [6.07, 6.45) is 0. The highest BCUT2D eigenvalue weighted by Gasteiger charge is 2.09. The molecule has 0 radical (unpaired) electrons. The number of benzene rings is 3. The Bertz CT molecular complexity index is 823. The largest absolute Gasteiger partial charge is 0.206 e. The van der Waals surface area contributed by atoms with Gasteiger partial charge in [0.15, 0.2) is 0 Å². The Kier molecular flexibility index (Phi) is 3.95. The van der Waals surface area contributed by atoms with Crippen LogP contribution in [0.5, 0.6) is 0 Å². The van der Waals surface area contributed by atoms with Crippen molar-refractivity contribution >= 4 is 11.6 Å². The second-order valence-electron chi connectivity index (χ2n) is 5.19. The van der Waals surface area contributed by atoms with E-state index < -0.39 is 5.82 Å². The molecule has 0 aliphatic rings. The standard InChI is InChI=1S/C19H13ClF2/c1-12-2-4-13(5-3-12)14-6-8-16(18(21)10-14)15-7-9-17(20)19(22)11-15/h2-11H,1H3. The summed E-state index contributed by atoms with van der Waals surface area (Å²) in [4.78, 5) is 0. The highest BCUT2D eigenvalue weighted by atomic mass is 35.5. The van der Waals surface area contributed by atoms with E-state index in [-0.39, 0.29) is 10.8 Å². The molecule has 0 nitrogen and oxygen atoms in total. The van der Waals surface area contributed by atoms with Gasteiger partial charge in [0.25, 0.3) is 0 Å². The Labute approximate surface area is 133 Å². The number of halogens is 3. The van der Waals surface area contributed by atoms with E-state index in [4.69, 9.17) is 11.6 Å². The van der Waals surface area contributed by atoms with Gasteiger partial charge in [-0.25, -0.2) is 8.78 Å². The van der Waals surface area contributed by atoms with E-state index in [0.717, 1.165) is 16.7 Å². The molecule has 3 rings (SSSR count). The van der Waals surface area contributed by atoms with Crippen LogP contribution in [0.2, 0.25) is 5.02 Å². The lowest BCUT2D eigenvalue weighted by Crippen LogP contribution is -1.88. The second kappa shape index (κ2) is 5.90. The van der Waals surface area contributed by atoms with Crippen molar-refractivity contribution in [1.82, 2.24) is 0 Å². The van der Waals surface area contributed by atoms with Gasteiger partial charge in [-0.3, -0.25) is 0 Å². The van der Waals surface area contributed by atoms with Crippen LogP contribution in [0.25, 0.3) is 22.3 Å². The molecule has 0 aliphatic carbocycles. The quantitative estimate of drug-likeness (QED) is 0.523. The van der Waals surface area contributed by atoms with Crippen molar-refractivity contribution in [1.29, 1.82) is 0 Å². The van der Waals surface area contributed by atoms with Crippen molar-refractivity contribution < 1.29 is 8.78 Å². The molecule has 0 aliphatic heterocycles. The fourth-order valence-electron chi connectivity index (χ4n) is 2.34. The van der Waals surface area contributed by atoms with Crippen LogP contribution < -0.4 is 0 Å². The monoisotopic (exact) mass is 314 g/mol. The number of hydrogen-bond donors (Lipinski definition) is 0. The molecule has 3 aromatic carbocycles. The zero-order valence-electron chi connectivity index (χ0n) is 11.9. The highest BCUT2D eigenvalue weighted by Crippen LogP contribution is 2.30. The van der Waals surface area contributed by atoms with Gasteiger partial charge in [0.1, 0.15) is 11.6 Å². The van der Waals surface area contributed by atoms with E-state index >= 15 is 0 Å². The summed E-state index contributed by atoms with van der Waals surface area (Å²) in [5, 5.41) is 0.0282. The normalized spacial score (nSPS) is 10.7. The molecule has 3 heteroatoms. The van der Waals surface area contributed by atoms with Gasteiger partial charge in [0.2, 0.25) is 0 Å². The van der Waals surface area contributed by atoms with Crippen molar-refractivity contribution in [3.8, 4) is 22.3 Å². The summed E-state index contributed by atoms with van der Waals surface area (Å²) in [7, 11) is 0. The first-order valence-electron chi connectivity index (χ1n) is 6.86. The summed E-state index contributed by atoms with van der Waals surface area (Å²) < 4.78 is 27.9. The van der Waals surface area contributed by atoms with Crippen molar-refractivity contribution in [2.45, 2.75) is 6.92 Å². The maximum absolute atomic E-state index is 14.4. The molecule has 0 bridgehead atoms. The molecule has 0 heterocycles. The van der Waals surface area contributed by atoms with Gasteiger partial charge in [0, 0.05) is 5.56 Å². The van der Waals surface area contributed by atoms with Gasteiger partial charge in [-0.2, -0.15) is 0 Å². The minimum Gasteiger partial charge on any atom is -0.206 e. The molecule has 0 saturated carbocycles. The van der Waals surface area contributed by atoms with Gasteiger partial charge in [0.05, 0.1) is 5.02 Å². The van der Waals surface area contributed by atoms with E-state index in [1.165, 1.54) is 18.2 Å². The third-order valence-electron chi connectivity index (χ3n) is 3.58. The van der Waals surface area contributed by atoms with E-state index in [1.54, 1.807) is 12.1 Å². The van der Waals surface area contributed by atoms with Crippen LogP contribution in [0.15, 0.2) is 60.7 Å². The summed E-state index contributed by atoms with van der Waals surface area (Å²) >= 11 is 5.66. The summed E-state index contributed by atoms with van der Waals surface area (Å²) in [5.41, 5.74) is 3.70. The van der Waals surface area contributed by atoms with Crippen LogP contribution in [0.1, 0.15) is 5.56 Å². The predicted molar refractivity (Wildman–Crippen MR) is 87.0 cm³/mol. The smallest absolute Gasteiger partial charge is 0.142 e. The summed E-state index contributed by atoms with van der Waals surface area (Å²) in [6, 6.07) is 17.1. The highest BCUT2D eigenvalue weighted by molar-refractivity contribution is 6.30. The molecule has 0 spiro atoms. The number of rotatable bonds is 2. The first-order valence-corrected chi connectivity index (χ1v) is 7.24. The minimum absolute atomic E-state index is 0.0282. The molecule has 3 aromatic rings. The summed E-state index contributed by atoms with van der Waals surface area (Å²) in [5.74, 6) is -0.944. The summed E-state index contributed by atoms with van der Waals surface area (Å²) in [6.45, 7) is 2.00. The molecule has 0 amide bonds. The fraction of sp³-hybridized carbons (Fsp3) is 0.0526. The molecule has 0 atom stereocenters. The van der Waals surface area contributed by atoms with Crippen LogP contribution >= 0.6 is 11.6 Å². The maximum atomic E-state index is 14.4. The Morgan fingerprint density at radius 1 is 0.682 bits per heavy atom. The molecular formula is C19H13ClF2. The van der Waals surface area contributed by atoms with E-state index in [9.17, 15) is 8.78 Å². The van der Waals surface area contributed by atoms with Crippen LogP contribution in [-0.2, 0) is 0 Å². The van der Waals surface area contributed by atoms with Crippen LogP contribution in [0.3, 0.4) is 0 Å². The lowest BCUT2D eigenvalue weighted by molar-refractivity contribution is 0.625. The topological polar surface area (TPSA) is 0 Å². The maximum Gasteiger partial charge on any atom is 0.142 e. The van der Waals surface area contributed by atoms with Gasteiger partial charge < -0.3 is 0 Å². The lowest BCUT2D eigenvalue weighted by Gasteiger charge is -2.08. The van der Waals surface area contributed by atoms with Gasteiger partial charge in [-0.1, -0.05) is 59.6 Å². The number of aryl methyl sites for hydroxylation is 1. The van der Waals surface area contributed by atoms with Crippen LogP contribution in [-0.4, -0.2) is 0 Å². The average molecular weight is 315 g/mol. The van der Waals surface area contributed by atoms with Crippen molar-refractivity contribution in [3.63, 3.8) is 0 Å². The predicted octanol–water partition coefficient (Wildman–Crippen LogP) is 6.26. The van der Waals surface area contributed by atoms with E-state index in [2.05, 4.69) is 0 Å². The lowest BCUT2D eigenvalue weighted by atomic mass is 9.99. The fourth-order valence-corrected chi connectivity index (χ4v) is 2.46. The van der Waals surface area contributed by atoms with E-state index in [1.807, 2.05) is 37.3 Å². The first kappa shape index (κ1) is 14.7.